The van der Waals surface area contributed by atoms with E-state index in [1.165, 1.54) is 17.9 Å². The Morgan fingerprint density at radius 3 is 2.65 bits per heavy atom. The molecule has 1 heterocycles. The quantitative estimate of drug-likeness (QED) is 0.309. The summed E-state index contributed by atoms with van der Waals surface area (Å²) in [6, 6.07) is 5.45. The molecule has 0 unspecified atom stereocenters. The van der Waals surface area contributed by atoms with Crippen LogP contribution in [-0.4, -0.2) is 37.0 Å². The minimum absolute atomic E-state index is 0.0747. The molecule has 0 atom stereocenters. The second-order valence-electron chi connectivity index (χ2n) is 7.09. The van der Waals surface area contributed by atoms with Gasteiger partial charge in [0, 0.05) is 22.8 Å². The molecule has 1 N–H and O–H groups in total. The van der Waals surface area contributed by atoms with Crippen molar-refractivity contribution in [1.29, 1.82) is 5.26 Å². The summed E-state index contributed by atoms with van der Waals surface area (Å²) in [5.41, 5.74) is 3.39. The number of hydrogen-bond acceptors (Lipinski definition) is 7. The third-order valence-corrected chi connectivity index (χ3v) is 6.28. The highest BCUT2D eigenvalue weighted by molar-refractivity contribution is 9.10. The van der Waals surface area contributed by atoms with Gasteiger partial charge in [-0.15, -0.1) is 0 Å². The summed E-state index contributed by atoms with van der Waals surface area (Å²) >= 11 is 6.88. The number of halogens is 2. The van der Waals surface area contributed by atoms with Crippen molar-refractivity contribution in [1.82, 2.24) is 9.99 Å². The highest BCUT2D eigenvalue weighted by Crippen LogP contribution is 2.36. The van der Waals surface area contributed by atoms with Crippen molar-refractivity contribution >= 4 is 44.0 Å². The Hall–Kier alpha value is -2.68. The molecule has 0 aliphatic heterocycles. The number of nitrogens with zero attached hydrogens (tertiary/aromatic N) is 3. The summed E-state index contributed by atoms with van der Waals surface area (Å²) in [5, 5.41) is 13.4. The fourth-order valence-corrected chi connectivity index (χ4v) is 4.18. The first kappa shape index (κ1) is 27.6. The second kappa shape index (κ2) is 13.3. The van der Waals surface area contributed by atoms with Crippen LogP contribution in [0.15, 0.2) is 31.0 Å². The number of benzene rings is 1. The van der Waals surface area contributed by atoms with Gasteiger partial charge in [0.25, 0.3) is 11.5 Å². The van der Waals surface area contributed by atoms with Crippen LogP contribution in [0.3, 0.4) is 0 Å². The van der Waals surface area contributed by atoms with Crippen molar-refractivity contribution in [2.24, 2.45) is 5.10 Å². The van der Waals surface area contributed by atoms with Gasteiger partial charge in [0.1, 0.15) is 18.2 Å². The predicted octanol–water partition coefficient (Wildman–Crippen LogP) is 4.04. The lowest BCUT2D eigenvalue weighted by Crippen LogP contribution is -2.33. The van der Waals surface area contributed by atoms with Gasteiger partial charge in [0.2, 0.25) is 0 Å². The SMILES string of the molecule is CCCOc1c(Br)cc(/C=N\NC(=O)Cn2c(C)c(Br)c(COC)c(C#N)c2=O)cc1OCC. The Labute approximate surface area is 215 Å². The Morgan fingerprint density at radius 1 is 1.29 bits per heavy atom. The third kappa shape index (κ3) is 6.68. The van der Waals surface area contributed by atoms with Crippen molar-refractivity contribution in [2.45, 2.75) is 40.3 Å². The van der Waals surface area contributed by atoms with E-state index in [0.717, 1.165) is 6.42 Å². The van der Waals surface area contributed by atoms with Crippen LogP contribution in [0.2, 0.25) is 0 Å². The molecule has 0 aliphatic carbocycles. The molecule has 1 aromatic carbocycles. The maximum absolute atomic E-state index is 12.8. The van der Waals surface area contributed by atoms with Gasteiger partial charge in [0.15, 0.2) is 11.5 Å². The Kier molecular flexibility index (Phi) is 10.8. The summed E-state index contributed by atoms with van der Waals surface area (Å²) in [7, 11) is 1.47. The Bertz CT molecular complexity index is 1170. The Morgan fingerprint density at radius 2 is 2.03 bits per heavy atom. The molecule has 0 radical (unpaired) electrons. The van der Waals surface area contributed by atoms with Crippen LogP contribution in [-0.2, 0) is 22.7 Å². The Balaban J connectivity index is 2.21. The number of nitrogens with one attached hydrogen (secondary N) is 1. The zero-order valence-corrected chi connectivity index (χ0v) is 22.6. The molecule has 182 valence electrons. The van der Waals surface area contributed by atoms with Gasteiger partial charge in [-0.25, -0.2) is 5.43 Å². The summed E-state index contributed by atoms with van der Waals surface area (Å²) in [6.45, 7) is 6.37. The zero-order chi connectivity index (χ0) is 25.3. The van der Waals surface area contributed by atoms with Crippen LogP contribution in [0, 0.1) is 18.3 Å². The van der Waals surface area contributed by atoms with E-state index < -0.39 is 11.5 Å². The zero-order valence-electron chi connectivity index (χ0n) is 19.4. The van der Waals surface area contributed by atoms with Crippen molar-refractivity contribution in [3.05, 3.63) is 53.8 Å². The van der Waals surface area contributed by atoms with Gasteiger partial charge >= 0.3 is 0 Å². The van der Waals surface area contributed by atoms with Crippen LogP contribution in [0.25, 0.3) is 0 Å². The molecule has 2 rings (SSSR count). The first-order chi connectivity index (χ1) is 16.3. The molecule has 9 nitrogen and oxygen atoms in total. The lowest BCUT2D eigenvalue weighted by Gasteiger charge is -2.15. The van der Waals surface area contributed by atoms with Crippen LogP contribution < -0.4 is 20.5 Å². The standard InChI is InChI=1S/C23H26Br2N4O5/c1-5-7-34-22-18(24)8-15(9-19(22)33-6-2)11-27-28-20(30)12-29-14(3)21(25)17(13-32-4)16(10-26)23(29)31/h8-9,11H,5-7,12-13H2,1-4H3,(H,28,30)/b27-11-. The summed E-state index contributed by atoms with van der Waals surface area (Å²) in [6.07, 6.45) is 2.32. The maximum Gasteiger partial charge on any atom is 0.269 e. The van der Waals surface area contributed by atoms with Crippen molar-refractivity contribution in [2.75, 3.05) is 20.3 Å². The minimum atomic E-state index is -0.567. The molecule has 0 aliphatic rings. The fraction of sp³-hybridized carbons (Fsp3) is 0.391. The van der Waals surface area contributed by atoms with E-state index in [9.17, 15) is 14.9 Å². The van der Waals surface area contributed by atoms with E-state index in [2.05, 4.69) is 42.4 Å². The molecule has 2 aromatic rings. The van der Waals surface area contributed by atoms with E-state index in [4.69, 9.17) is 14.2 Å². The molecule has 0 fully saturated rings. The number of ether oxygens (including phenoxy) is 3. The number of rotatable bonds is 11. The summed E-state index contributed by atoms with van der Waals surface area (Å²) in [4.78, 5) is 25.2. The number of carbonyl (C=O) groups excluding carboxylic acids is 1. The van der Waals surface area contributed by atoms with Crippen molar-refractivity contribution < 1.29 is 19.0 Å². The summed E-state index contributed by atoms with van der Waals surface area (Å²) < 4.78 is 19.0. The first-order valence-corrected chi connectivity index (χ1v) is 12.1. The van der Waals surface area contributed by atoms with Gasteiger partial charge in [-0.2, -0.15) is 10.4 Å². The van der Waals surface area contributed by atoms with Gasteiger partial charge < -0.3 is 18.8 Å². The van der Waals surface area contributed by atoms with Crippen molar-refractivity contribution in [3.63, 3.8) is 0 Å². The molecular weight excluding hydrogens is 572 g/mol. The summed E-state index contributed by atoms with van der Waals surface area (Å²) in [5.74, 6) is 0.643. The highest BCUT2D eigenvalue weighted by atomic mass is 79.9. The van der Waals surface area contributed by atoms with Crippen LogP contribution in [0.4, 0.5) is 0 Å². The van der Waals surface area contributed by atoms with Crippen molar-refractivity contribution in [3.8, 4) is 17.6 Å². The first-order valence-electron chi connectivity index (χ1n) is 10.5. The molecular formula is C23H26Br2N4O5. The molecule has 0 spiro atoms. The number of pyridine rings is 1. The van der Waals surface area contributed by atoms with E-state index in [0.29, 0.717) is 50.5 Å². The smallest absolute Gasteiger partial charge is 0.269 e. The van der Waals surface area contributed by atoms with Crippen LogP contribution in [0.5, 0.6) is 11.5 Å². The number of amides is 1. The number of nitriles is 1. The topological polar surface area (TPSA) is 115 Å². The normalized spacial score (nSPS) is 10.9. The van der Waals surface area contributed by atoms with E-state index >= 15 is 0 Å². The van der Waals surface area contributed by atoms with Gasteiger partial charge in [-0.05, 0) is 69.8 Å². The molecule has 0 bridgehead atoms. The lowest BCUT2D eigenvalue weighted by atomic mass is 10.1. The molecule has 34 heavy (non-hydrogen) atoms. The van der Waals surface area contributed by atoms with E-state index in [1.54, 1.807) is 19.1 Å². The minimum Gasteiger partial charge on any atom is -0.490 e. The van der Waals surface area contributed by atoms with Gasteiger partial charge in [0.05, 0.1) is 30.5 Å². The number of methoxy groups -OCH3 is 1. The molecule has 1 aromatic heterocycles. The largest absolute Gasteiger partial charge is 0.490 e. The van der Waals surface area contributed by atoms with Crippen LogP contribution >= 0.6 is 31.9 Å². The number of aromatic nitrogens is 1. The molecule has 1 amide bonds. The average Bonchev–Trinajstić information content (AvgIpc) is 2.80. The highest BCUT2D eigenvalue weighted by Gasteiger charge is 2.19. The molecule has 0 saturated heterocycles. The number of hydrogen-bond donors (Lipinski definition) is 1. The number of carbonyl (C=O) groups is 1. The maximum atomic E-state index is 12.8. The molecule has 11 heteroatoms. The van der Waals surface area contributed by atoms with E-state index in [-0.39, 0.29) is 18.7 Å². The van der Waals surface area contributed by atoms with Gasteiger partial charge in [-0.1, -0.05) is 6.92 Å². The van der Waals surface area contributed by atoms with E-state index in [1.807, 2.05) is 19.9 Å². The average molecular weight is 598 g/mol. The third-order valence-electron chi connectivity index (χ3n) is 4.64. The number of hydrazone groups is 1. The van der Waals surface area contributed by atoms with Gasteiger partial charge in [-0.3, -0.25) is 9.59 Å². The fourth-order valence-electron chi connectivity index (χ4n) is 3.08. The van der Waals surface area contributed by atoms with Crippen LogP contribution in [0.1, 0.15) is 42.7 Å². The lowest BCUT2D eigenvalue weighted by molar-refractivity contribution is -0.121. The monoisotopic (exact) mass is 596 g/mol. The second-order valence-corrected chi connectivity index (χ2v) is 8.74. The predicted molar refractivity (Wildman–Crippen MR) is 135 cm³/mol. The molecule has 0 saturated carbocycles.